The minimum Gasteiger partial charge on any atom is -0.320 e. The Morgan fingerprint density at radius 2 is 1.80 bits per heavy atom. The van der Waals surface area contributed by atoms with E-state index < -0.39 is 0 Å². The van der Waals surface area contributed by atoms with Gasteiger partial charge in [-0.1, -0.05) is 36.4 Å². The van der Waals surface area contributed by atoms with Crippen molar-refractivity contribution in [2.45, 2.75) is 6.92 Å². The fraction of sp³-hybridized carbons (Fsp3) is 0.125. The van der Waals surface area contributed by atoms with E-state index in [2.05, 4.69) is 10.4 Å². The number of aryl methyl sites for hydroxylation is 2. The summed E-state index contributed by atoms with van der Waals surface area (Å²) < 4.78 is 1.72. The minimum absolute atomic E-state index is 0.184. The number of anilines is 1. The zero-order valence-electron chi connectivity index (χ0n) is 11.4. The minimum atomic E-state index is -0.184. The summed E-state index contributed by atoms with van der Waals surface area (Å²) in [7, 11) is 1.84. The van der Waals surface area contributed by atoms with E-state index in [1.807, 2.05) is 62.5 Å². The first-order valence-electron chi connectivity index (χ1n) is 6.45. The van der Waals surface area contributed by atoms with Crippen LogP contribution in [0, 0.1) is 6.92 Å². The summed E-state index contributed by atoms with van der Waals surface area (Å²) in [6, 6.07) is 15.4. The molecule has 0 atom stereocenters. The van der Waals surface area contributed by atoms with Gasteiger partial charge in [-0.2, -0.15) is 5.10 Å². The van der Waals surface area contributed by atoms with E-state index in [4.69, 9.17) is 0 Å². The normalized spacial score (nSPS) is 10.7. The fourth-order valence-electron chi connectivity index (χ4n) is 2.28. The molecular weight excluding hydrogens is 250 g/mol. The number of aromatic nitrogens is 2. The fourth-order valence-corrected chi connectivity index (χ4v) is 2.28. The van der Waals surface area contributed by atoms with Crippen molar-refractivity contribution in [2.75, 3.05) is 5.32 Å². The standard InChI is InChI=1S/C16H15N3O/c1-11-7-3-5-9-13(11)17-16(20)15-12-8-4-6-10-14(12)19(2)18-15/h3-10H,1-2H3,(H,17,20). The lowest BCUT2D eigenvalue weighted by Crippen LogP contribution is -2.14. The molecule has 0 saturated heterocycles. The summed E-state index contributed by atoms with van der Waals surface area (Å²) in [4.78, 5) is 12.4. The van der Waals surface area contributed by atoms with Gasteiger partial charge in [0.1, 0.15) is 0 Å². The number of nitrogens with zero attached hydrogens (tertiary/aromatic N) is 2. The van der Waals surface area contributed by atoms with Crippen LogP contribution in [0.25, 0.3) is 10.9 Å². The lowest BCUT2D eigenvalue weighted by atomic mass is 10.1. The molecule has 0 fully saturated rings. The van der Waals surface area contributed by atoms with Gasteiger partial charge in [-0.15, -0.1) is 0 Å². The number of amides is 1. The third-order valence-electron chi connectivity index (χ3n) is 3.37. The van der Waals surface area contributed by atoms with E-state index in [0.717, 1.165) is 22.2 Å². The average Bonchev–Trinajstić information content (AvgIpc) is 2.79. The molecule has 3 rings (SSSR count). The monoisotopic (exact) mass is 265 g/mol. The van der Waals surface area contributed by atoms with E-state index in [1.54, 1.807) is 4.68 Å². The van der Waals surface area contributed by atoms with Crippen molar-refractivity contribution in [3.63, 3.8) is 0 Å². The van der Waals surface area contributed by atoms with Crippen LogP contribution < -0.4 is 5.32 Å². The van der Waals surface area contributed by atoms with Gasteiger partial charge in [0, 0.05) is 18.1 Å². The Morgan fingerprint density at radius 1 is 1.10 bits per heavy atom. The van der Waals surface area contributed by atoms with Gasteiger partial charge < -0.3 is 5.32 Å². The van der Waals surface area contributed by atoms with E-state index in [9.17, 15) is 4.79 Å². The molecule has 0 saturated carbocycles. The number of nitrogens with one attached hydrogen (secondary N) is 1. The zero-order chi connectivity index (χ0) is 14.1. The summed E-state index contributed by atoms with van der Waals surface area (Å²) in [5.74, 6) is -0.184. The highest BCUT2D eigenvalue weighted by Gasteiger charge is 2.16. The Morgan fingerprint density at radius 3 is 2.60 bits per heavy atom. The largest absolute Gasteiger partial charge is 0.320 e. The maximum Gasteiger partial charge on any atom is 0.276 e. The highest BCUT2D eigenvalue weighted by Crippen LogP contribution is 2.20. The smallest absolute Gasteiger partial charge is 0.276 e. The maximum atomic E-state index is 12.4. The molecule has 0 spiro atoms. The molecule has 1 heterocycles. The average molecular weight is 265 g/mol. The molecule has 4 heteroatoms. The van der Waals surface area contributed by atoms with Gasteiger partial charge in [-0.3, -0.25) is 9.48 Å². The van der Waals surface area contributed by atoms with Crippen LogP contribution in [-0.2, 0) is 7.05 Å². The second kappa shape index (κ2) is 4.81. The van der Waals surface area contributed by atoms with Crippen LogP contribution in [0.3, 0.4) is 0 Å². The number of hydrogen-bond acceptors (Lipinski definition) is 2. The Balaban J connectivity index is 2.00. The summed E-state index contributed by atoms with van der Waals surface area (Å²) >= 11 is 0. The zero-order valence-corrected chi connectivity index (χ0v) is 11.4. The van der Waals surface area contributed by atoms with Crippen LogP contribution in [0.15, 0.2) is 48.5 Å². The number of hydrogen-bond donors (Lipinski definition) is 1. The van der Waals surface area contributed by atoms with Crippen molar-refractivity contribution < 1.29 is 4.79 Å². The van der Waals surface area contributed by atoms with E-state index in [1.165, 1.54) is 0 Å². The van der Waals surface area contributed by atoms with Crippen LogP contribution in [-0.4, -0.2) is 15.7 Å². The summed E-state index contributed by atoms with van der Waals surface area (Å²) in [6.07, 6.45) is 0. The van der Waals surface area contributed by atoms with Gasteiger partial charge in [0.05, 0.1) is 5.52 Å². The van der Waals surface area contributed by atoms with Crippen molar-refractivity contribution in [3.05, 3.63) is 59.8 Å². The molecule has 20 heavy (non-hydrogen) atoms. The van der Waals surface area contributed by atoms with Gasteiger partial charge in [0.15, 0.2) is 5.69 Å². The van der Waals surface area contributed by atoms with Gasteiger partial charge in [0.2, 0.25) is 0 Å². The molecule has 0 aliphatic rings. The lowest BCUT2D eigenvalue weighted by Gasteiger charge is -2.06. The van der Waals surface area contributed by atoms with Crippen LogP contribution in [0.2, 0.25) is 0 Å². The highest BCUT2D eigenvalue weighted by molar-refractivity contribution is 6.11. The van der Waals surface area contributed by atoms with Crippen LogP contribution >= 0.6 is 0 Å². The molecule has 0 aliphatic carbocycles. The summed E-state index contributed by atoms with van der Waals surface area (Å²) in [5, 5.41) is 8.10. The Labute approximate surface area is 117 Å². The third kappa shape index (κ3) is 2.05. The first-order valence-corrected chi connectivity index (χ1v) is 6.45. The number of fused-ring (bicyclic) bond motifs is 1. The molecule has 0 radical (unpaired) electrons. The highest BCUT2D eigenvalue weighted by atomic mass is 16.2. The molecule has 3 aromatic rings. The molecule has 2 aromatic carbocycles. The van der Waals surface area contributed by atoms with Crippen molar-refractivity contribution >= 4 is 22.5 Å². The number of carbonyl (C=O) groups is 1. The van der Waals surface area contributed by atoms with Gasteiger partial charge >= 0.3 is 0 Å². The van der Waals surface area contributed by atoms with Crippen molar-refractivity contribution in [1.82, 2.24) is 9.78 Å². The summed E-state index contributed by atoms with van der Waals surface area (Å²) in [6.45, 7) is 1.96. The lowest BCUT2D eigenvalue weighted by molar-refractivity contribution is 0.102. The predicted octanol–water partition coefficient (Wildman–Crippen LogP) is 3.13. The molecule has 0 aliphatic heterocycles. The Bertz CT molecular complexity index is 789. The van der Waals surface area contributed by atoms with Gasteiger partial charge in [-0.25, -0.2) is 0 Å². The number of carbonyl (C=O) groups excluding carboxylic acids is 1. The topological polar surface area (TPSA) is 46.9 Å². The van der Waals surface area contributed by atoms with E-state index in [0.29, 0.717) is 5.69 Å². The van der Waals surface area contributed by atoms with E-state index in [-0.39, 0.29) is 5.91 Å². The van der Waals surface area contributed by atoms with Crippen molar-refractivity contribution in [1.29, 1.82) is 0 Å². The van der Waals surface area contributed by atoms with E-state index >= 15 is 0 Å². The third-order valence-corrected chi connectivity index (χ3v) is 3.37. The second-order valence-electron chi connectivity index (χ2n) is 4.76. The number of rotatable bonds is 2. The summed E-state index contributed by atoms with van der Waals surface area (Å²) in [5.41, 5.74) is 3.24. The van der Waals surface area contributed by atoms with Gasteiger partial charge in [0.25, 0.3) is 5.91 Å². The predicted molar refractivity (Wildman–Crippen MR) is 79.8 cm³/mol. The quantitative estimate of drug-likeness (QED) is 0.773. The SMILES string of the molecule is Cc1ccccc1NC(=O)c1nn(C)c2ccccc12. The molecule has 0 unspecified atom stereocenters. The molecule has 100 valence electrons. The molecule has 1 N–H and O–H groups in total. The van der Waals surface area contributed by atoms with Crippen molar-refractivity contribution in [3.8, 4) is 0 Å². The molecule has 0 bridgehead atoms. The molecule has 4 nitrogen and oxygen atoms in total. The second-order valence-corrected chi connectivity index (χ2v) is 4.76. The van der Waals surface area contributed by atoms with Crippen LogP contribution in [0.5, 0.6) is 0 Å². The maximum absolute atomic E-state index is 12.4. The van der Waals surface area contributed by atoms with Gasteiger partial charge in [-0.05, 0) is 24.6 Å². The first-order chi connectivity index (χ1) is 9.66. The number of benzene rings is 2. The van der Waals surface area contributed by atoms with Crippen molar-refractivity contribution in [2.24, 2.45) is 7.05 Å². The van der Waals surface area contributed by atoms with Crippen LogP contribution in [0.1, 0.15) is 16.1 Å². The Hall–Kier alpha value is -2.62. The molecule has 1 amide bonds. The number of para-hydroxylation sites is 2. The Kier molecular flexibility index (Phi) is 2.99. The van der Waals surface area contributed by atoms with Crippen LogP contribution in [0.4, 0.5) is 5.69 Å². The first kappa shape index (κ1) is 12.4. The molecular formula is C16H15N3O. The molecule has 1 aromatic heterocycles.